The van der Waals surface area contributed by atoms with Gasteiger partial charge in [-0.3, -0.25) is 4.79 Å². The molecular weight excluding hydrogens is 320 g/mol. The Labute approximate surface area is 126 Å². The molecule has 104 valence electrons. The number of hydrogen-bond acceptors (Lipinski definition) is 3. The van der Waals surface area contributed by atoms with E-state index in [0.29, 0.717) is 23.7 Å². The van der Waals surface area contributed by atoms with Crippen LogP contribution in [0.1, 0.15) is 22.8 Å². The molecule has 0 spiro atoms. The molecule has 0 heterocycles. The second kappa shape index (κ2) is 6.57. The Balaban J connectivity index is 2.15. The number of methoxy groups -OCH3 is 1. The van der Waals surface area contributed by atoms with E-state index in [-0.39, 0.29) is 5.78 Å². The topological polar surface area (TPSA) is 35.5 Å². The van der Waals surface area contributed by atoms with E-state index in [1.165, 1.54) is 6.92 Å². The quantitative estimate of drug-likeness (QED) is 0.767. The normalized spacial score (nSPS) is 10.2. The van der Waals surface area contributed by atoms with Crippen LogP contribution in [0, 0.1) is 0 Å². The van der Waals surface area contributed by atoms with Gasteiger partial charge in [-0.15, -0.1) is 0 Å². The summed E-state index contributed by atoms with van der Waals surface area (Å²) in [6.45, 7) is 1.96. The minimum atomic E-state index is 0.00170. The molecule has 0 N–H and O–H groups in total. The molecule has 0 aliphatic heterocycles. The summed E-state index contributed by atoms with van der Waals surface area (Å²) in [7, 11) is 1.56. The summed E-state index contributed by atoms with van der Waals surface area (Å²) in [5.41, 5.74) is 1.66. The molecule has 0 unspecified atom stereocenters. The van der Waals surface area contributed by atoms with E-state index in [4.69, 9.17) is 9.47 Å². The van der Waals surface area contributed by atoms with Gasteiger partial charge in [0.05, 0.1) is 7.11 Å². The molecule has 0 saturated heterocycles. The highest BCUT2D eigenvalue weighted by molar-refractivity contribution is 9.10. The summed E-state index contributed by atoms with van der Waals surface area (Å²) in [4.78, 5) is 11.3. The number of carbonyl (C=O) groups is 1. The van der Waals surface area contributed by atoms with Gasteiger partial charge in [0.1, 0.15) is 6.61 Å². The molecule has 2 aromatic carbocycles. The van der Waals surface area contributed by atoms with E-state index in [1.54, 1.807) is 25.3 Å². The van der Waals surface area contributed by atoms with Gasteiger partial charge in [0.2, 0.25) is 0 Å². The van der Waals surface area contributed by atoms with Gasteiger partial charge in [-0.05, 0) is 42.8 Å². The Morgan fingerprint density at radius 2 is 1.95 bits per heavy atom. The fraction of sp³-hybridized carbons (Fsp3) is 0.188. The standard InChI is InChI=1S/C16H15BrO3/c1-11(18)13-6-7-15(16(9-13)19-2)20-10-12-4-3-5-14(17)8-12/h3-9H,10H2,1-2H3. The van der Waals surface area contributed by atoms with Gasteiger partial charge >= 0.3 is 0 Å². The Kier molecular flexibility index (Phi) is 4.79. The highest BCUT2D eigenvalue weighted by atomic mass is 79.9. The third kappa shape index (κ3) is 3.61. The molecule has 0 aliphatic carbocycles. The Hall–Kier alpha value is -1.81. The van der Waals surface area contributed by atoms with Crippen LogP contribution in [0.2, 0.25) is 0 Å². The lowest BCUT2D eigenvalue weighted by atomic mass is 10.1. The highest BCUT2D eigenvalue weighted by Crippen LogP contribution is 2.29. The van der Waals surface area contributed by atoms with Crippen molar-refractivity contribution in [3.05, 3.63) is 58.1 Å². The van der Waals surface area contributed by atoms with E-state index < -0.39 is 0 Å². The third-order valence-corrected chi connectivity index (χ3v) is 3.35. The Morgan fingerprint density at radius 3 is 2.60 bits per heavy atom. The van der Waals surface area contributed by atoms with E-state index in [0.717, 1.165) is 10.0 Å². The lowest BCUT2D eigenvalue weighted by Crippen LogP contribution is -1.99. The summed E-state index contributed by atoms with van der Waals surface area (Å²) < 4.78 is 12.0. The molecule has 0 atom stereocenters. The summed E-state index contributed by atoms with van der Waals surface area (Å²) >= 11 is 3.42. The number of ketones is 1. The molecule has 3 nitrogen and oxygen atoms in total. The number of benzene rings is 2. The summed E-state index contributed by atoms with van der Waals surface area (Å²) in [5.74, 6) is 1.19. The number of halogens is 1. The van der Waals surface area contributed by atoms with Crippen molar-refractivity contribution >= 4 is 21.7 Å². The molecule has 2 aromatic rings. The minimum absolute atomic E-state index is 0.00170. The molecule has 0 saturated carbocycles. The van der Waals surface area contributed by atoms with Crippen molar-refractivity contribution < 1.29 is 14.3 Å². The van der Waals surface area contributed by atoms with Gasteiger partial charge in [0, 0.05) is 10.0 Å². The van der Waals surface area contributed by atoms with Crippen molar-refractivity contribution in [2.24, 2.45) is 0 Å². The van der Waals surface area contributed by atoms with Crippen LogP contribution >= 0.6 is 15.9 Å². The molecule has 0 fully saturated rings. The monoisotopic (exact) mass is 334 g/mol. The summed E-state index contributed by atoms with van der Waals surface area (Å²) in [6.07, 6.45) is 0. The molecule has 20 heavy (non-hydrogen) atoms. The van der Waals surface area contributed by atoms with E-state index in [1.807, 2.05) is 24.3 Å². The summed E-state index contributed by atoms with van der Waals surface area (Å²) in [5, 5.41) is 0. The number of Topliss-reactive ketones (excluding diaryl/α,β-unsaturated/α-hetero) is 1. The van der Waals surface area contributed by atoms with Crippen molar-refractivity contribution in [3.8, 4) is 11.5 Å². The number of ether oxygens (including phenoxy) is 2. The second-order valence-electron chi connectivity index (χ2n) is 4.34. The van der Waals surface area contributed by atoms with E-state index in [2.05, 4.69) is 15.9 Å². The SMILES string of the molecule is COc1cc(C(C)=O)ccc1OCc1cccc(Br)c1. The largest absolute Gasteiger partial charge is 0.493 e. The van der Waals surface area contributed by atoms with E-state index in [9.17, 15) is 4.79 Å². The average Bonchev–Trinajstić information content (AvgIpc) is 2.45. The van der Waals surface area contributed by atoms with E-state index >= 15 is 0 Å². The number of rotatable bonds is 5. The molecule has 0 bridgehead atoms. The lowest BCUT2D eigenvalue weighted by Gasteiger charge is -2.11. The maximum absolute atomic E-state index is 11.3. The first-order valence-corrected chi connectivity index (χ1v) is 6.95. The van der Waals surface area contributed by atoms with Crippen molar-refractivity contribution in [1.82, 2.24) is 0 Å². The molecule has 0 radical (unpaired) electrons. The first-order valence-electron chi connectivity index (χ1n) is 6.16. The predicted molar refractivity (Wildman–Crippen MR) is 81.5 cm³/mol. The number of hydrogen-bond donors (Lipinski definition) is 0. The smallest absolute Gasteiger partial charge is 0.161 e. The maximum atomic E-state index is 11.3. The van der Waals surface area contributed by atoms with Crippen molar-refractivity contribution in [2.75, 3.05) is 7.11 Å². The van der Waals surface area contributed by atoms with Gasteiger partial charge in [-0.1, -0.05) is 28.1 Å². The van der Waals surface area contributed by atoms with Crippen LogP contribution in [0.3, 0.4) is 0 Å². The van der Waals surface area contributed by atoms with Crippen LogP contribution in [0.15, 0.2) is 46.9 Å². The number of carbonyl (C=O) groups excluding carboxylic acids is 1. The van der Waals surface area contributed by atoms with Gasteiger partial charge in [0.15, 0.2) is 17.3 Å². The molecule has 0 aromatic heterocycles. The molecule has 0 aliphatic rings. The molecular formula is C16H15BrO3. The van der Waals surface area contributed by atoms with Crippen LogP contribution in [0.5, 0.6) is 11.5 Å². The summed E-state index contributed by atoms with van der Waals surface area (Å²) in [6, 6.07) is 13.1. The first kappa shape index (κ1) is 14.6. The first-order chi connectivity index (χ1) is 9.60. The fourth-order valence-corrected chi connectivity index (χ4v) is 2.24. The van der Waals surface area contributed by atoms with Crippen LogP contribution in [-0.4, -0.2) is 12.9 Å². The molecule has 0 amide bonds. The van der Waals surface area contributed by atoms with Crippen molar-refractivity contribution in [3.63, 3.8) is 0 Å². The molecule has 4 heteroatoms. The second-order valence-corrected chi connectivity index (χ2v) is 5.26. The minimum Gasteiger partial charge on any atom is -0.493 e. The van der Waals surface area contributed by atoms with Gasteiger partial charge in [0.25, 0.3) is 0 Å². The van der Waals surface area contributed by atoms with Crippen molar-refractivity contribution in [1.29, 1.82) is 0 Å². The lowest BCUT2D eigenvalue weighted by molar-refractivity contribution is 0.101. The highest BCUT2D eigenvalue weighted by Gasteiger charge is 2.08. The zero-order valence-electron chi connectivity index (χ0n) is 11.4. The maximum Gasteiger partial charge on any atom is 0.161 e. The molecule has 2 rings (SSSR count). The zero-order chi connectivity index (χ0) is 14.5. The fourth-order valence-electron chi connectivity index (χ4n) is 1.79. The van der Waals surface area contributed by atoms with Gasteiger partial charge < -0.3 is 9.47 Å². The van der Waals surface area contributed by atoms with Crippen LogP contribution in [0.4, 0.5) is 0 Å². The van der Waals surface area contributed by atoms with Crippen LogP contribution in [-0.2, 0) is 6.61 Å². The average molecular weight is 335 g/mol. The van der Waals surface area contributed by atoms with Crippen LogP contribution in [0.25, 0.3) is 0 Å². The van der Waals surface area contributed by atoms with Crippen molar-refractivity contribution in [2.45, 2.75) is 13.5 Å². The van der Waals surface area contributed by atoms with Gasteiger partial charge in [-0.25, -0.2) is 0 Å². The Morgan fingerprint density at radius 1 is 1.15 bits per heavy atom. The predicted octanol–water partition coefficient (Wildman–Crippen LogP) is 4.24. The zero-order valence-corrected chi connectivity index (χ0v) is 12.9. The Bertz CT molecular complexity index is 623. The third-order valence-electron chi connectivity index (χ3n) is 2.85. The van der Waals surface area contributed by atoms with Crippen LogP contribution < -0.4 is 9.47 Å². The van der Waals surface area contributed by atoms with Gasteiger partial charge in [-0.2, -0.15) is 0 Å².